The first-order valence-corrected chi connectivity index (χ1v) is 5.92. The Morgan fingerprint density at radius 3 is 2.00 bits per heavy atom. The van der Waals surface area contributed by atoms with Crippen molar-refractivity contribution in [1.82, 2.24) is 0 Å². The molecule has 1 rings (SSSR count). The Hall–Kier alpha value is -0.820. The van der Waals surface area contributed by atoms with Crippen molar-refractivity contribution in [2.75, 3.05) is 0 Å². The molecular weight excluding hydrogens is 196 g/mol. The van der Waals surface area contributed by atoms with Crippen molar-refractivity contribution in [3.8, 4) is 0 Å². The first-order valence-electron chi connectivity index (χ1n) is 5.92. The fourth-order valence-electron chi connectivity index (χ4n) is 1.58. The highest BCUT2D eigenvalue weighted by Gasteiger charge is 2.35. The number of rotatable bonds is 2. The van der Waals surface area contributed by atoms with E-state index in [4.69, 9.17) is 0 Å². The number of hydrogen-bond acceptors (Lipinski definition) is 1. The van der Waals surface area contributed by atoms with Gasteiger partial charge in [-0.15, -0.1) is 0 Å². The second-order valence-electron chi connectivity index (χ2n) is 6.12. The van der Waals surface area contributed by atoms with Crippen molar-refractivity contribution in [1.29, 1.82) is 0 Å². The molecule has 0 fully saturated rings. The molecule has 0 bridgehead atoms. The van der Waals surface area contributed by atoms with E-state index in [-0.39, 0.29) is 5.41 Å². The summed E-state index contributed by atoms with van der Waals surface area (Å²) in [5, 5.41) is 10.5. The zero-order chi connectivity index (χ0) is 12.6. The molecule has 90 valence electrons. The fraction of sp³-hybridized carbons (Fsp3) is 0.600. The van der Waals surface area contributed by atoms with Crippen molar-refractivity contribution in [2.45, 2.75) is 53.6 Å². The number of hydrogen-bond donors (Lipinski definition) is 1. The lowest BCUT2D eigenvalue weighted by molar-refractivity contribution is -0.0405. The molecule has 1 N–H and O–H groups in total. The van der Waals surface area contributed by atoms with Crippen LogP contribution < -0.4 is 0 Å². The van der Waals surface area contributed by atoms with Gasteiger partial charge < -0.3 is 5.11 Å². The first-order chi connectivity index (χ1) is 7.13. The second kappa shape index (κ2) is 4.21. The van der Waals surface area contributed by atoms with Gasteiger partial charge in [-0.05, 0) is 42.9 Å². The van der Waals surface area contributed by atoms with Gasteiger partial charge in [0.2, 0.25) is 0 Å². The van der Waals surface area contributed by atoms with E-state index >= 15 is 0 Å². The van der Waals surface area contributed by atoms with E-state index in [0.29, 0.717) is 6.42 Å². The molecule has 0 saturated carbocycles. The fourth-order valence-corrected chi connectivity index (χ4v) is 1.58. The molecule has 1 heteroatoms. The molecule has 0 heterocycles. The third-order valence-electron chi connectivity index (χ3n) is 3.74. The molecule has 1 unspecified atom stereocenters. The highest BCUT2D eigenvalue weighted by Crippen LogP contribution is 2.33. The summed E-state index contributed by atoms with van der Waals surface area (Å²) >= 11 is 0. The molecule has 0 aliphatic heterocycles. The quantitative estimate of drug-likeness (QED) is 0.806. The van der Waals surface area contributed by atoms with Crippen LogP contribution in [0.2, 0.25) is 0 Å². The summed E-state index contributed by atoms with van der Waals surface area (Å²) in [7, 11) is 0. The van der Waals surface area contributed by atoms with Gasteiger partial charge in [-0.3, -0.25) is 0 Å². The van der Waals surface area contributed by atoms with Gasteiger partial charge in [-0.2, -0.15) is 0 Å². The van der Waals surface area contributed by atoms with E-state index in [2.05, 4.69) is 52.8 Å². The van der Waals surface area contributed by atoms with Gasteiger partial charge in [0.05, 0.1) is 5.60 Å². The van der Waals surface area contributed by atoms with E-state index in [9.17, 15) is 5.11 Å². The largest absolute Gasteiger partial charge is 0.389 e. The Labute approximate surface area is 99.5 Å². The molecule has 1 aromatic rings. The molecule has 1 atom stereocenters. The Morgan fingerprint density at radius 1 is 1.00 bits per heavy atom. The Morgan fingerprint density at radius 2 is 1.56 bits per heavy atom. The first kappa shape index (κ1) is 13.2. The molecule has 16 heavy (non-hydrogen) atoms. The Kier molecular flexibility index (Phi) is 3.49. The molecule has 0 spiro atoms. The predicted octanol–water partition coefficient (Wildman–Crippen LogP) is 3.64. The van der Waals surface area contributed by atoms with Crippen molar-refractivity contribution in [3.05, 3.63) is 34.9 Å². The lowest BCUT2D eigenvalue weighted by atomic mass is 9.74. The maximum Gasteiger partial charge on any atom is 0.0707 e. The normalized spacial score (nSPS) is 15.9. The average Bonchev–Trinajstić information content (AvgIpc) is 2.09. The maximum atomic E-state index is 10.5. The van der Waals surface area contributed by atoms with E-state index in [0.717, 1.165) is 0 Å². The van der Waals surface area contributed by atoms with Crippen molar-refractivity contribution < 1.29 is 5.11 Å². The summed E-state index contributed by atoms with van der Waals surface area (Å²) in [5.41, 5.74) is 3.03. The third kappa shape index (κ3) is 2.85. The van der Waals surface area contributed by atoms with E-state index in [1.54, 1.807) is 0 Å². The highest BCUT2D eigenvalue weighted by atomic mass is 16.3. The van der Waals surface area contributed by atoms with Crippen LogP contribution >= 0.6 is 0 Å². The molecule has 0 aliphatic carbocycles. The summed E-state index contributed by atoms with van der Waals surface area (Å²) in [6.45, 7) is 12.4. The van der Waals surface area contributed by atoms with Gasteiger partial charge >= 0.3 is 0 Å². The van der Waals surface area contributed by atoms with Gasteiger partial charge in [0, 0.05) is 6.42 Å². The number of aliphatic hydroxyl groups is 1. The van der Waals surface area contributed by atoms with Crippen molar-refractivity contribution >= 4 is 0 Å². The van der Waals surface area contributed by atoms with Crippen LogP contribution in [-0.4, -0.2) is 10.7 Å². The van der Waals surface area contributed by atoms with Gasteiger partial charge in [0.25, 0.3) is 0 Å². The summed E-state index contributed by atoms with van der Waals surface area (Å²) < 4.78 is 0. The minimum atomic E-state index is -0.672. The third-order valence-corrected chi connectivity index (χ3v) is 3.74. The molecule has 0 aromatic heterocycles. The van der Waals surface area contributed by atoms with Crippen molar-refractivity contribution in [2.24, 2.45) is 5.41 Å². The molecule has 0 saturated heterocycles. The lowest BCUT2D eigenvalue weighted by Gasteiger charge is -2.37. The van der Waals surface area contributed by atoms with E-state index in [1.807, 2.05) is 6.92 Å². The molecule has 0 amide bonds. The van der Waals surface area contributed by atoms with Crippen LogP contribution in [0.1, 0.15) is 44.4 Å². The van der Waals surface area contributed by atoms with Crippen LogP contribution in [-0.2, 0) is 6.42 Å². The summed E-state index contributed by atoms with van der Waals surface area (Å²) in [4.78, 5) is 0. The van der Waals surface area contributed by atoms with Gasteiger partial charge in [-0.1, -0.05) is 39.0 Å². The minimum Gasteiger partial charge on any atom is -0.389 e. The van der Waals surface area contributed by atoms with E-state index < -0.39 is 5.60 Å². The molecule has 1 aromatic carbocycles. The summed E-state index contributed by atoms with van der Waals surface area (Å²) in [5.74, 6) is 0. The Balaban J connectivity index is 2.93. The molecular formula is C15H24O. The summed E-state index contributed by atoms with van der Waals surface area (Å²) in [6.07, 6.45) is 0.706. The van der Waals surface area contributed by atoms with Gasteiger partial charge in [0.15, 0.2) is 0 Å². The number of aryl methyl sites for hydroxylation is 2. The zero-order valence-corrected chi connectivity index (χ0v) is 11.4. The predicted molar refractivity (Wildman–Crippen MR) is 69.7 cm³/mol. The number of benzene rings is 1. The van der Waals surface area contributed by atoms with Crippen LogP contribution in [0.4, 0.5) is 0 Å². The standard InChI is InChI=1S/C15H24O/c1-11-7-8-13(9-12(11)2)10-15(6,16)14(3,4)5/h7-9,16H,10H2,1-6H3. The smallest absolute Gasteiger partial charge is 0.0707 e. The minimum absolute atomic E-state index is 0.105. The average molecular weight is 220 g/mol. The highest BCUT2D eigenvalue weighted by molar-refractivity contribution is 5.30. The SMILES string of the molecule is Cc1ccc(CC(C)(O)C(C)(C)C)cc1C. The van der Waals surface area contributed by atoms with Gasteiger partial charge in [0.1, 0.15) is 0 Å². The molecule has 0 radical (unpaired) electrons. The molecule has 1 nitrogen and oxygen atoms in total. The topological polar surface area (TPSA) is 20.2 Å². The second-order valence-corrected chi connectivity index (χ2v) is 6.12. The van der Waals surface area contributed by atoms with Crippen LogP contribution in [0.25, 0.3) is 0 Å². The molecule has 0 aliphatic rings. The van der Waals surface area contributed by atoms with E-state index in [1.165, 1.54) is 16.7 Å². The van der Waals surface area contributed by atoms with Crippen LogP contribution in [0, 0.1) is 19.3 Å². The monoisotopic (exact) mass is 220 g/mol. The van der Waals surface area contributed by atoms with Crippen LogP contribution in [0.5, 0.6) is 0 Å². The summed E-state index contributed by atoms with van der Waals surface area (Å²) in [6, 6.07) is 6.42. The van der Waals surface area contributed by atoms with Gasteiger partial charge in [-0.25, -0.2) is 0 Å². The van der Waals surface area contributed by atoms with Crippen LogP contribution in [0.15, 0.2) is 18.2 Å². The lowest BCUT2D eigenvalue weighted by Crippen LogP contribution is -2.41. The van der Waals surface area contributed by atoms with Crippen LogP contribution in [0.3, 0.4) is 0 Å². The van der Waals surface area contributed by atoms with Crippen molar-refractivity contribution in [3.63, 3.8) is 0 Å². The zero-order valence-electron chi connectivity index (χ0n) is 11.4. The Bertz CT molecular complexity index is 370. The maximum absolute atomic E-state index is 10.5.